The van der Waals surface area contributed by atoms with Crippen LogP contribution in [0.25, 0.3) is 0 Å². The Hall–Kier alpha value is -0.540. The van der Waals surface area contributed by atoms with E-state index in [1.165, 1.54) is 0 Å². The Bertz CT molecular complexity index is 407. The molecule has 1 aromatic heterocycles. The molecule has 3 nitrogen and oxygen atoms in total. The van der Waals surface area contributed by atoms with Crippen molar-refractivity contribution in [1.82, 2.24) is 9.78 Å². The Balaban J connectivity index is 2.65. The second-order valence-electron chi connectivity index (χ2n) is 6.15. The first-order valence-electron chi connectivity index (χ1n) is 7.23. The third kappa shape index (κ3) is 4.22. The topological polar surface area (TPSA) is 38.0 Å². The van der Waals surface area contributed by atoms with Crippen LogP contribution in [0.4, 0.5) is 0 Å². The van der Waals surface area contributed by atoms with Gasteiger partial charge in [-0.25, -0.2) is 0 Å². The summed E-state index contributed by atoms with van der Waals surface area (Å²) in [6, 6.07) is 0. The smallest absolute Gasteiger partial charge is 0.0849 e. The lowest BCUT2D eigenvalue weighted by molar-refractivity contribution is 0.0539. The SMILES string of the molecule is CCc1nn(CC)c(CCCC(O)C(C)(C)C)c1Cl. The normalized spacial score (nSPS) is 13.8. The maximum atomic E-state index is 10.1. The molecule has 1 atom stereocenters. The summed E-state index contributed by atoms with van der Waals surface area (Å²) in [6.45, 7) is 11.2. The molecule has 1 rings (SSSR count). The van der Waals surface area contributed by atoms with Crippen molar-refractivity contribution in [2.45, 2.75) is 73.0 Å². The van der Waals surface area contributed by atoms with Crippen LogP contribution in [0.1, 0.15) is 58.8 Å². The van der Waals surface area contributed by atoms with Crippen LogP contribution in [0.15, 0.2) is 0 Å². The second-order valence-corrected chi connectivity index (χ2v) is 6.53. The number of aliphatic hydroxyl groups excluding tert-OH is 1. The molecule has 0 saturated heterocycles. The lowest BCUT2D eigenvalue weighted by Crippen LogP contribution is -2.25. The Morgan fingerprint density at radius 2 is 1.95 bits per heavy atom. The van der Waals surface area contributed by atoms with Crippen LogP contribution in [-0.4, -0.2) is 21.0 Å². The molecule has 1 heterocycles. The third-order valence-electron chi connectivity index (χ3n) is 3.58. The Labute approximate surface area is 122 Å². The number of aryl methyl sites for hydroxylation is 2. The van der Waals surface area contributed by atoms with E-state index < -0.39 is 0 Å². The molecule has 0 aliphatic carbocycles. The minimum atomic E-state index is -0.269. The Kier molecular flexibility index (Phi) is 5.87. The molecule has 0 saturated carbocycles. The van der Waals surface area contributed by atoms with Crippen molar-refractivity contribution in [3.05, 3.63) is 16.4 Å². The van der Waals surface area contributed by atoms with Gasteiger partial charge in [0.15, 0.2) is 0 Å². The van der Waals surface area contributed by atoms with Gasteiger partial charge in [0.25, 0.3) is 0 Å². The van der Waals surface area contributed by atoms with Gasteiger partial charge >= 0.3 is 0 Å². The van der Waals surface area contributed by atoms with Crippen molar-refractivity contribution in [2.75, 3.05) is 0 Å². The number of hydrogen-bond donors (Lipinski definition) is 1. The summed E-state index contributed by atoms with van der Waals surface area (Å²) in [5, 5.41) is 15.4. The zero-order valence-corrected chi connectivity index (χ0v) is 13.6. The molecule has 4 heteroatoms. The first kappa shape index (κ1) is 16.5. The summed E-state index contributed by atoms with van der Waals surface area (Å²) in [6.07, 6.45) is 3.22. The van der Waals surface area contributed by atoms with Crippen LogP contribution in [0, 0.1) is 5.41 Å². The third-order valence-corrected chi connectivity index (χ3v) is 4.02. The summed E-state index contributed by atoms with van der Waals surface area (Å²) in [5.74, 6) is 0. The molecule has 1 aromatic rings. The van der Waals surface area contributed by atoms with Crippen molar-refractivity contribution in [1.29, 1.82) is 0 Å². The Morgan fingerprint density at radius 1 is 1.32 bits per heavy atom. The maximum Gasteiger partial charge on any atom is 0.0849 e. The molecule has 110 valence electrons. The van der Waals surface area contributed by atoms with Gasteiger partial charge in [0.1, 0.15) is 0 Å². The molecule has 1 unspecified atom stereocenters. The van der Waals surface area contributed by atoms with Crippen LogP contribution in [0.3, 0.4) is 0 Å². The number of aliphatic hydroxyl groups is 1. The average Bonchev–Trinajstić information content (AvgIpc) is 2.64. The first-order valence-corrected chi connectivity index (χ1v) is 7.61. The van der Waals surface area contributed by atoms with Gasteiger partial charge in [-0.3, -0.25) is 4.68 Å². The molecule has 0 amide bonds. The van der Waals surface area contributed by atoms with E-state index in [-0.39, 0.29) is 11.5 Å². The zero-order chi connectivity index (χ0) is 14.6. The standard InChI is InChI=1S/C15H27ClN2O/c1-6-11-14(16)12(18(7-2)17-11)9-8-10-13(19)15(3,4)5/h13,19H,6-10H2,1-5H3. The van der Waals surface area contributed by atoms with Gasteiger partial charge < -0.3 is 5.11 Å². The average molecular weight is 287 g/mol. The predicted octanol–water partition coefficient (Wildman–Crippen LogP) is 3.85. The highest BCUT2D eigenvalue weighted by atomic mass is 35.5. The van der Waals surface area contributed by atoms with Crippen molar-refractivity contribution in [2.24, 2.45) is 5.41 Å². The maximum absolute atomic E-state index is 10.1. The molecule has 0 aliphatic heterocycles. The summed E-state index contributed by atoms with van der Waals surface area (Å²) < 4.78 is 1.99. The molecule has 0 fully saturated rings. The van der Waals surface area contributed by atoms with Crippen molar-refractivity contribution >= 4 is 11.6 Å². The van der Waals surface area contributed by atoms with E-state index in [4.69, 9.17) is 11.6 Å². The van der Waals surface area contributed by atoms with E-state index in [9.17, 15) is 5.11 Å². The number of nitrogens with zero attached hydrogens (tertiary/aromatic N) is 2. The quantitative estimate of drug-likeness (QED) is 0.862. The molecule has 19 heavy (non-hydrogen) atoms. The number of rotatable bonds is 6. The van der Waals surface area contributed by atoms with Gasteiger partial charge in [-0.2, -0.15) is 5.10 Å². The van der Waals surface area contributed by atoms with Gasteiger partial charge in [-0.05, 0) is 38.0 Å². The first-order chi connectivity index (χ1) is 8.81. The van der Waals surface area contributed by atoms with E-state index in [2.05, 4.69) is 39.7 Å². The van der Waals surface area contributed by atoms with Crippen molar-refractivity contribution < 1.29 is 5.11 Å². The van der Waals surface area contributed by atoms with Crippen molar-refractivity contribution in [3.8, 4) is 0 Å². The fraction of sp³-hybridized carbons (Fsp3) is 0.800. The van der Waals surface area contributed by atoms with Crippen LogP contribution in [-0.2, 0) is 19.4 Å². The predicted molar refractivity (Wildman–Crippen MR) is 80.7 cm³/mol. The van der Waals surface area contributed by atoms with E-state index in [0.717, 1.165) is 48.6 Å². The molecule has 1 N–H and O–H groups in total. The van der Waals surface area contributed by atoms with E-state index in [1.54, 1.807) is 0 Å². The molecule has 0 radical (unpaired) electrons. The van der Waals surface area contributed by atoms with E-state index in [0.29, 0.717) is 0 Å². The molecule has 0 spiro atoms. The molecular weight excluding hydrogens is 260 g/mol. The highest BCUT2D eigenvalue weighted by Gasteiger charge is 2.22. The number of aromatic nitrogens is 2. The zero-order valence-electron chi connectivity index (χ0n) is 12.8. The van der Waals surface area contributed by atoms with E-state index >= 15 is 0 Å². The van der Waals surface area contributed by atoms with Gasteiger partial charge in [-0.15, -0.1) is 0 Å². The Morgan fingerprint density at radius 3 is 2.42 bits per heavy atom. The van der Waals surface area contributed by atoms with Gasteiger partial charge in [0.05, 0.1) is 22.5 Å². The number of hydrogen-bond acceptors (Lipinski definition) is 2. The molecule has 0 aliphatic rings. The van der Waals surface area contributed by atoms with Crippen LogP contribution < -0.4 is 0 Å². The summed E-state index contributed by atoms with van der Waals surface area (Å²) in [7, 11) is 0. The van der Waals surface area contributed by atoms with Crippen LogP contribution in [0.5, 0.6) is 0 Å². The fourth-order valence-corrected chi connectivity index (χ4v) is 2.52. The molecular formula is C15H27ClN2O. The fourth-order valence-electron chi connectivity index (χ4n) is 2.15. The lowest BCUT2D eigenvalue weighted by Gasteiger charge is -2.25. The highest BCUT2D eigenvalue weighted by molar-refractivity contribution is 6.31. The van der Waals surface area contributed by atoms with E-state index in [1.807, 2.05) is 4.68 Å². The van der Waals surface area contributed by atoms with Gasteiger partial charge in [-0.1, -0.05) is 39.3 Å². The largest absolute Gasteiger partial charge is 0.393 e. The van der Waals surface area contributed by atoms with Crippen molar-refractivity contribution in [3.63, 3.8) is 0 Å². The second kappa shape index (κ2) is 6.76. The summed E-state index contributed by atoms with van der Waals surface area (Å²) in [4.78, 5) is 0. The summed E-state index contributed by atoms with van der Waals surface area (Å²) in [5.41, 5.74) is 2.04. The monoisotopic (exact) mass is 286 g/mol. The minimum absolute atomic E-state index is 0.0522. The highest BCUT2D eigenvalue weighted by Crippen LogP contribution is 2.26. The number of halogens is 1. The minimum Gasteiger partial charge on any atom is -0.393 e. The van der Waals surface area contributed by atoms with Crippen LogP contribution >= 0.6 is 11.6 Å². The lowest BCUT2D eigenvalue weighted by atomic mass is 9.86. The van der Waals surface area contributed by atoms with Crippen LogP contribution in [0.2, 0.25) is 5.02 Å². The molecule has 0 bridgehead atoms. The van der Waals surface area contributed by atoms with Gasteiger partial charge in [0, 0.05) is 6.54 Å². The molecule has 0 aromatic carbocycles. The van der Waals surface area contributed by atoms with Gasteiger partial charge in [0.2, 0.25) is 0 Å². The summed E-state index contributed by atoms with van der Waals surface area (Å²) >= 11 is 6.37.